The Morgan fingerprint density at radius 2 is 0.966 bits per heavy atom. The number of hydrogen-bond acceptors (Lipinski definition) is 28. The molecule has 117 heavy (non-hydrogen) atoms. The molecule has 6 saturated heterocycles. The van der Waals surface area contributed by atoms with Crippen molar-refractivity contribution in [3.63, 3.8) is 0 Å². The van der Waals surface area contributed by atoms with Gasteiger partial charge in [-0.2, -0.15) is 0 Å². The number of benzene rings is 2. The van der Waals surface area contributed by atoms with Gasteiger partial charge in [-0.1, -0.05) is 76.2 Å². The maximum Gasteiger partial charge on any atom is 0.410 e. The molecule has 650 valence electrons. The summed E-state index contributed by atoms with van der Waals surface area (Å²) in [5.74, 6) is -9.18. The number of alkyl halides is 1. The lowest BCUT2D eigenvalue weighted by molar-refractivity contribution is -0.295. The van der Waals surface area contributed by atoms with Gasteiger partial charge < -0.3 is 88.6 Å². The number of anilines is 2. The lowest BCUT2D eigenvalue weighted by Crippen LogP contribution is -2.61. The van der Waals surface area contributed by atoms with Gasteiger partial charge >= 0.3 is 24.1 Å². The number of rotatable bonds is 22. The number of methoxy groups -OCH3 is 2. The zero-order valence-corrected chi connectivity index (χ0v) is 71.8. The molecule has 2 aromatic carbocycles. The number of aryl methyl sites for hydroxylation is 2. The van der Waals surface area contributed by atoms with Crippen LogP contribution in [0.25, 0.3) is 22.5 Å². The Morgan fingerprint density at radius 3 is 1.35 bits per heavy atom. The van der Waals surface area contributed by atoms with Crippen LogP contribution in [0.1, 0.15) is 174 Å². The summed E-state index contributed by atoms with van der Waals surface area (Å²) in [5, 5.41) is 39.8. The number of cyclic esters (lactones) is 2. The van der Waals surface area contributed by atoms with Crippen molar-refractivity contribution in [2.24, 2.45) is 29.6 Å². The number of likely N-dealkylation sites (N-methyl/N-ethyl adjacent to an activating group) is 2. The van der Waals surface area contributed by atoms with Gasteiger partial charge in [0.25, 0.3) is 5.67 Å². The fraction of sp³-hybridized carbons (Fsp3) is 0.714. The van der Waals surface area contributed by atoms with E-state index in [1.165, 1.54) is 33.0 Å². The molecule has 32 nitrogen and oxygen atoms in total. The third-order valence-corrected chi connectivity index (χ3v) is 25.2. The molecule has 6 aliphatic heterocycles. The van der Waals surface area contributed by atoms with E-state index in [0.29, 0.717) is 74.4 Å². The van der Waals surface area contributed by atoms with Crippen LogP contribution in [0.3, 0.4) is 0 Å². The van der Waals surface area contributed by atoms with Crippen molar-refractivity contribution < 1.29 is 100 Å². The highest BCUT2D eigenvalue weighted by Gasteiger charge is 2.62. The molecule has 6 aliphatic rings. The fourth-order valence-corrected chi connectivity index (χ4v) is 17.8. The predicted octanol–water partition coefficient (Wildman–Crippen LogP) is 8.62. The number of ether oxygens (including phenoxy) is 10. The number of carbonyl (C=O) groups excluding carboxylic acids is 8. The highest BCUT2D eigenvalue weighted by atomic mass is 19.1. The number of aliphatic hydroxyl groups is 2. The van der Waals surface area contributed by atoms with Crippen LogP contribution in [-0.2, 0) is 89.2 Å². The number of amides is 2. The Bertz CT molecular complexity index is 4110. The highest BCUT2D eigenvalue weighted by molar-refractivity contribution is 6.08. The van der Waals surface area contributed by atoms with Crippen LogP contribution in [0.4, 0.5) is 25.4 Å². The zero-order valence-electron chi connectivity index (χ0n) is 71.8. The number of unbranched alkanes of at least 4 members (excludes halogenated alkanes) is 2. The second-order valence-electron chi connectivity index (χ2n) is 34.5. The summed E-state index contributed by atoms with van der Waals surface area (Å²) in [6, 6.07) is 12.4. The molecule has 33 heteroatoms. The summed E-state index contributed by atoms with van der Waals surface area (Å²) in [5.41, 5.74) is 7.31. The summed E-state index contributed by atoms with van der Waals surface area (Å²) in [7, 11) is 10.3. The van der Waals surface area contributed by atoms with Gasteiger partial charge in [0.05, 0.1) is 60.1 Å². The second-order valence-corrected chi connectivity index (χ2v) is 34.5. The lowest BCUT2D eigenvalue weighted by atomic mass is 9.75. The van der Waals surface area contributed by atoms with E-state index >= 15 is 4.39 Å². The first-order valence-corrected chi connectivity index (χ1v) is 41.2. The van der Waals surface area contributed by atoms with Crippen molar-refractivity contribution in [1.29, 1.82) is 0 Å². The Hall–Kier alpha value is -7.99. The number of nitrogens with zero attached hydrogens (tertiary/aromatic N) is 10. The number of halogens is 1. The molecule has 0 saturated carbocycles. The van der Waals surface area contributed by atoms with E-state index in [0.717, 1.165) is 18.1 Å². The molecule has 10 rings (SSSR count). The number of Topliss-reactive ketones (excluding diaryl/α,β-unsaturated/α-hetero) is 4. The van der Waals surface area contributed by atoms with Gasteiger partial charge in [0, 0.05) is 111 Å². The molecule has 0 aliphatic carbocycles. The number of aromatic nitrogens is 6. The summed E-state index contributed by atoms with van der Waals surface area (Å²) >= 11 is 0. The number of ketones is 4. The summed E-state index contributed by atoms with van der Waals surface area (Å²) < 4.78 is 81.6. The largest absolute Gasteiger partial charge is 0.458 e. The molecule has 0 radical (unpaired) electrons. The number of nitrogens with two attached hydrogens (primary N) is 2. The molecule has 8 heterocycles. The van der Waals surface area contributed by atoms with Crippen molar-refractivity contribution in [3.8, 4) is 22.5 Å². The Kier molecular flexibility index (Phi) is 30.6. The van der Waals surface area contributed by atoms with Gasteiger partial charge in [0.1, 0.15) is 53.3 Å². The van der Waals surface area contributed by atoms with E-state index in [1.54, 1.807) is 88.7 Å². The second kappa shape index (κ2) is 38.6. The number of carbonyl (C=O) groups is 8. The lowest BCUT2D eigenvalue weighted by Gasteiger charge is -2.47. The molecule has 6 N–H and O–H groups in total. The van der Waals surface area contributed by atoms with Gasteiger partial charge in [-0.3, -0.25) is 33.3 Å². The van der Waals surface area contributed by atoms with Crippen molar-refractivity contribution in [3.05, 3.63) is 60.9 Å². The Morgan fingerprint density at radius 1 is 0.573 bits per heavy atom. The number of esters is 2. The van der Waals surface area contributed by atoms with Crippen LogP contribution in [-0.4, -0.2) is 276 Å². The van der Waals surface area contributed by atoms with E-state index < -0.39 is 155 Å². The fourth-order valence-electron chi connectivity index (χ4n) is 17.8. The van der Waals surface area contributed by atoms with Crippen LogP contribution >= 0.6 is 0 Å². The molecule has 2 amide bonds. The van der Waals surface area contributed by atoms with Crippen LogP contribution < -0.4 is 11.5 Å². The molecule has 0 spiro atoms. The van der Waals surface area contributed by atoms with Crippen molar-refractivity contribution in [1.82, 2.24) is 49.6 Å². The standard InChI is InChI=1S/C42H63FN6O10.C42H64N6O10/c1-11-33-42(7)32(49(39(54)59-42)18-13-12-17-48-23-29(45-46-48)27-15-14-16-28(44)20-27)21-31(50)24(2)22-40(5,55-10)36(26(4)35(52)41(6,43)38(53)57-33)58-37-34(51)30(47(8)9)19-25(3)56-37;1-11-34-42(7)33(48(40(53)58-42)18-13-12-17-47-23-30(44-45-47)28-15-14-16-29(43)20-28)21-32(49)24(2)22-41(6,54-10)37(26(4)35(50)27(5)38(52)56-34)57-39-36(51)31(46(8)9)19-25(3)55-39/h14-16,20,23-26,30,32-34,36-37,51H,11-13,17-19,21-22,44H2,1-10H3;14-16,20,23-27,31,33-34,36-37,39,51H,11-13,17-19,21-22,43H2,1-10H3/t24-,25?,26+,30?,32-,33-,34?,36-,37+,40-,41+,42+;24-,25?,26+,27-,31?,33-,34-,36?,37-,39+,41-,42+/m11/s1. The molecule has 2 aromatic heterocycles. The summed E-state index contributed by atoms with van der Waals surface area (Å²) in [6.07, 6.45) is -3.80. The predicted molar refractivity (Wildman–Crippen MR) is 429 cm³/mol. The normalized spacial score (nSPS) is 35.9. The van der Waals surface area contributed by atoms with E-state index in [-0.39, 0.29) is 87.5 Å². The smallest absolute Gasteiger partial charge is 0.410 e. The third-order valence-electron chi connectivity index (χ3n) is 25.2. The molecule has 4 aromatic rings. The van der Waals surface area contributed by atoms with Crippen LogP contribution in [0.15, 0.2) is 60.9 Å². The third kappa shape index (κ3) is 20.7. The van der Waals surface area contributed by atoms with Gasteiger partial charge in [0.2, 0.25) is 0 Å². The Labute approximate surface area is 686 Å². The monoisotopic (exact) mass is 1640 g/mol. The first kappa shape index (κ1) is 92.9. The SMILES string of the molecule is CC[C@H]1OC(=O)[C@@](C)(F)C(=O)[C@H](C)[C@@H](O[C@@H]2OC(C)CC(N(C)C)C2O)[C@](C)(OC)C[C@@H](C)C(=O)C[C@H]2N(CCCCn3cc(-c4cccc(N)c4)nn3)C(=O)O[C@]12C.CC[C@H]1OC(=O)[C@H](C)C(=O)[C@H](C)[C@@H](O[C@@H]2OC(C)CC(N(C)C)C2O)[C@](C)(OC)C[C@@H](C)C(=O)C[C@H]2N(CCCCn3cc(-c4cccc(N)c4)nn3)C(=O)O[C@]12C. The quantitative estimate of drug-likeness (QED) is 0.0188. The topological polar surface area (TPSA) is 396 Å². The molecule has 6 unspecified atom stereocenters. The average molecular weight is 1640 g/mol. The van der Waals surface area contributed by atoms with Crippen molar-refractivity contribution >= 4 is 58.6 Å². The summed E-state index contributed by atoms with van der Waals surface area (Å²) in [4.78, 5) is 119. The van der Waals surface area contributed by atoms with E-state index in [1.807, 2.05) is 101 Å². The summed E-state index contributed by atoms with van der Waals surface area (Å²) in [6.45, 7) is 24.3. The minimum absolute atomic E-state index is 0.00153. The Balaban J connectivity index is 0.000000267. The molecule has 6 fully saturated rings. The molecule has 0 bridgehead atoms. The molecular weight excluding hydrogens is 1520 g/mol. The highest BCUT2D eigenvalue weighted by Crippen LogP contribution is 2.45. The van der Waals surface area contributed by atoms with Crippen molar-refractivity contribution in [2.45, 2.75) is 301 Å². The van der Waals surface area contributed by atoms with Gasteiger partial charge in [-0.15, -0.1) is 10.2 Å². The molecular formula is C84H127FN12O20. The van der Waals surface area contributed by atoms with E-state index in [4.69, 9.17) is 58.8 Å². The van der Waals surface area contributed by atoms with Gasteiger partial charge in [-0.25, -0.2) is 18.8 Å². The van der Waals surface area contributed by atoms with Gasteiger partial charge in [-0.05, 0) is 172 Å². The number of aliphatic hydroxyl groups excluding tert-OH is 2. The average Bonchev–Trinajstić information content (AvgIpc) is 1.67. The maximum absolute atomic E-state index is 16.8. The first-order chi connectivity index (χ1) is 55.0. The number of hydrogen-bond donors (Lipinski definition) is 4. The molecule has 24 atom stereocenters. The zero-order chi connectivity index (χ0) is 86.3. The number of fused-ring (bicyclic) bond motifs is 2. The van der Waals surface area contributed by atoms with Crippen LogP contribution in [0.5, 0.6) is 0 Å². The minimum Gasteiger partial charge on any atom is -0.458 e. The van der Waals surface area contributed by atoms with Crippen LogP contribution in [0.2, 0.25) is 0 Å². The van der Waals surface area contributed by atoms with Crippen LogP contribution in [0, 0.1) is 29.6 Å². The number of nitrogen functional groups attached to an aromatic ring is 2. The first-order valence-electron chi connectivity index (χ1n) is 41.2. The van der Waals surface area contributed by atoms with Gasteiger partial charge in [0.15, 0.2) is 35.3 Å². The van der Waals surface area contributed by atoms with E-state index in [2.05, 4.69) is 20.6 Å². The minimum atomic E-state index is -3.18. The van der Waals surface area contributed by atoms with E-state index in [9.17, 15) is 48.6 Å². The van der Waals surface area contributed by atoms with Crippen molar-refractivity contribution in [2.75, 3.05) is 67.0 Å². The maximum atomic E-state index is 16.8.